The molecule has 1 heterocycles. The highest BCUT2D eigenvalue weighted by Crippen LogP contribution is 2.32. The van der Waals surface area contributed by atoms with Crippen molar-refractivity contribution >= 4 is 0 Å². The Morgan fingerprint density at radius 2 is 1.88 bits per heavy atom. The lowest BCUT2D eigenvalue weighted by Crippen LogP contribution is -2.26. The zero-order valence-electron chi connectivity index (χ0n) is 10.4. The van der Waals surface area contributed by atoms with Gasteiger partial charge in [0.15, 0.2) is 0 Å². The largest absolute Gasteiger partial charge is 0.378 e. The first kappa shape index (κ1) is 11.6. The monoisotopic (exact) mass is 219 g/mol. The van der Waals surface area contributed by atoms with Gasteiger partial charge in [0, 0.05) is 18.6 Å². The van der Waals surface area contributed by atoms with Crippen LogP contribution in [-0.2, 0) is 4.74 Å². The van der Waals surface area contributed by atoms with E-state index >= 15 is 0 Å². The summed E-state index contributed by atoms with van der Waals surface area (Å²) in [5, 5.41) is 0. The standard InChI is InChI=1S/C14H21NO/c1-9-6-10(2)8-12(7-9)14(15)13-4-5-16-11(13)3/h6-8,11,13-14H,4-5,15H2,1-3H3. The lowest BCUT2D eigenvalue weighted by atomic mass is 9.88. The predicted molar refractivity (Wildman–Crippen MR) is 66.4 cm³/mol. The van der Waals surface area contributed by atoms with Crippen molar-refractivity contribution in [3.63, 3.8) is 0 Å². The van der Waals surface area contributed by atoms with Crippen molar-refractivity contribution in [2.75, 3.05) is 6.61 Å². The van der Waals surface area contributed by atoms with Crippen LogP contribution < -0.4 is 5.73 Å². The zero-order valence-corrected chi connectivity index (χ0v) is 10.4. The summed E-state index contributed by atoms with van der Waals surface area (Å²) < 4.78 is 5.59. The highest BCUT2D eigenvalue weighted by molar-refractivity contribution is 5.31. The van der Waals surface area contributed by atoms with Crippen molar-refractivity contribution < 1.29 is 4.74 Å². The summed E-state index contributed by atoms with van der Waals surface area (Å²) in [6.07, 6.45) is 1.37. The van der Waals surface area contributed by atoms with E-state index in [2.05, 4.69) is 39.0 Å². The van der Waals surface area contributed by atoms with E-state index in [-0.39, 0.29) is 12.1 Å². The van der Waals surface area contributed by atoms with Crippen molar-refractivity contribution in [1.29, 1.82) is 0 Å². The summed E-state index contributed by atoms with van der Waals surface area (Å²) in [5.41, 5.74) is 10.2. The van der Waals surface area contributed by atoms with Crippen molar-refractivity contribution in [1.82, 2.24) is 0 Å². The van der Waals surface area contributed by atoms with E-state index in [1.807, 2.05) is 0 Å². The van der Waals surface area contributed by atoms with Gasteiger partial charge in [-0.2, -0.15) is 0 Å². The maximum Gasteiger partial charge on any atom is 0.0594 e. The van der Waals surface area contributed by atoms with Gasteiger partial charge in [0.05, 0.1) is 6.10 Å². The second-order valence-electron chi connectivity index (χ2n) is 4.98. The lowest BCUT2D eigenvalue weighted by Gasteiger charge is -2.23. The molecule has 88 valence electrons. The van der Waals surface area contributed by atoms with Gasteiger partial charge in [0.2, 0.25) is 0 Å². The van der Waals surface area contributed by atoms with Crippen LogP contribution in [0.4, 0.5) is 0 Å². The first-order chi connectivity index (χ1) is 7.58. The van der Waals surface area contributed by atoms with Crippen LogP contribution in [0, 0.1) is 19.8 Å². The molecule has 2 N–H and O–H groups in total. The molecule has 2 rings (SSSR count). The minimum Gasteiger partial charge on any atom is -0.378 e. The van der Waals surface area contributed by atoms with Crippen LogP contribution in [0.3, 0.4) is 0 Å². The Bertz CT molecular complexity index is 355. The number of hydrogen-bond acceptors (Lipinski definition) is 2. The average Bonchev–Trinajstić information content (AvgIpc) is 2.62. The number of nitrogens with two attached hydrogens (primary N) is 1. The van der Waals surface area contributed by atoms with Crippen LogP contribution in [0.5, 0.6) is 0 Å². The number of hydrogen-bond donors (Lipinski definition) is 1. The number of benzene rings is 1. The molecule has 0 aromatic heterocycles. The highest BCUT2D eigenvalue weighted by Gasteiger charge is 2.30. The molecule has 16 heavy (non-hydrogen) atoms. The molecule has 1 aromatic rings. The van der Waals surface area contributed by atoms with E-state index in [0.717, 1.165) is 13.0 Å². The van der Waals surface area contributed by atoms with Gasteiger partial charge in [0.25, 0.3) is 0 Å². The Labute approximate surface area is 97.8 Å². The molecule has 1 aliphatic rings. The molecule has 0 amide bonds. The third-order valence-corrected chi connectivity index (χ3v) is 3.53. The quantitative estimate of drug-likeness (QED) is 0.830. The summed E-state index contributed by atoms with van der Waals surface area (Å²) in [7, 11) is 0. The van der Waals surface area contributed by atoms with Crippen molar-refractivity contribution in [3.8, 4) is 0 Å². The van der Waals surface area contributed by atoms with Crippen molar-refractivity contribution in [2.24, 2.45) is 11.7 Å². The van der Waals surface area contributed by atoms with Crippen LogP contribution >= 0.6 is 0 Å². The summed E-state index contributed by atoms with van der Waals surface area (Å²) in [4.78, 5) is 0. The van der Waals surface area contributed by atoms with Crippen LogP contribution in [-0.4, -0.2) is 12.7 Å². The minimum absolute atomic E-state index is 0.107. The number of ether oxygens (including phenoxy) is 1. The summed E-state index contributed by atoms with van der Waals surface area (Å²) in [6, 6.07) is 6.69. The maximum absolute atomic E-state index is 6.35. The van der Waals surface area contributed by atoms with E-state index in [0.29, 0.717) is 5.92 Å². The minimum atomic E-state index is 0.107. The first-order valence-corrected chi connectivity index (χ1v) is 6.03. The molecule has 3 atom stereocenters. The van der Waals surface area contributed by atoms with E-state index in [4.69, 9.17) is 10.5 Å². The topological polar surface area (TPSA) is 35.2 Å². The molecule has 3 unspecified atom stereocenters. The SMILES string of the molecule is Cc1cc(C)cc(C(N)C2CCOC2C)c1. The molecule has 0 spiro atoms. The fourth-order valence-corrected chi connectivity index (χ4v) is 2.67. The fourth-order valence-electron chi connectivity index (χ4n) is 2.67. The van der Waals surface area contributed by atoms with Crippen molar-refractivity contribution in [3.05, 3.63) is 34.9 Å². The van der Waals surface area contributed by atoms with Gasteiger partial charge >= 0.3 is 0 Å². The van der Waals surface area contributed by atoms with Crippen molar-refractivity contribution in [2.45, 2.75) is 39.3 Å². The normalized spacial score (nSPS) is 27.0. The third kappa shape index (κ3) is 2.28. The number of rotatable bonds is 2. The highest BCUT2D eigenvalue weighted by atomic mass is 16.5. The summed E-state index contributed by atoms with van der Waals surface area (Å²) in [6.45, 7) is 7.22. The Kier molecular flexibility index (Phi) is 3.31. The van der Waals surface area contributed by atoms with Gasteiger partial charge in [-0.15, -0.1) is 0 Å². The van der Waals surface area contributed by atoms with Gasteiger partial charge in [0.1, 0.15) is 0 Å². The molecule has 0 bridgehead atoms. The van der Waals surface area contributed by atoms with Crippen LogP contribution in [0.25, 0.3) is 0 Å². The Hall–Kier alpha value is -0.860. The molecule has 1 saturated heterocycles. The molecule has 0 saturated carbocycles. The van der Waals surface area contributed by atoms with E-state index in [1.54, 1.807) is 0 Å². The summed E-state index contributed by atoms with van der Waals surface area (Å²) in [5.74, 6) is 0.459. The van der Waals surface area contributed by atoms with Gasteiger partial charge in [-0.05, 0) is 32.8 Å². The van der Waals surface area contributed by atoms with Crippen LogP contribution in [0.1, 0.15) is 36.1 Å². The van der Waals surface area contributed by atoms with E-state index in [1.165, 1.54) is 16.7 Å². The second-order valence-corrected chi connectivity index (χ2v) is 4.98. The van der Waals surface area contributed by atoms with Gasteiger partial charge < -0.3 is 10.5 Å². The molecule has 0 aliphatic carbocycles. The molecule has 2 heteroatoms. The molecule has 1 fully saturated rings. The average molecular weight is 219 g/mol. The van der Waals surface area contributed by atoms with Gasteiger partial charge in [-0.1, -0.05) is 29.3 Å². The molecular weight excluding hydrogens is 198 g/mol. The molecular formula is C14H21NO. The number of aryl methyl sites for hydroxylation is 2. The van der Waals surface area contributed by atoms with E-state index in [9.17, 15) is 0 Å². The van der Waals surface area contributed by atoms with Crippen LogP contribution in [0.2, 0.25) is 0 Å². The van der Waals surface area contributed by atoms with Crippen LogP contribution in [0.15, 0.2) is 18.2 Å². The van der Waals surface area contributed by atoms with Gasteiger partial charge in [-0.3, -0.25) is 0 Å². The fraction of sp³-hybridized carbons (Fsp3) is 0.571. The van der Waals surface area contributed by atoms with E-state index < -0.39 is 0 Å². The smallest absolute Gasteiger partial charge is 0.0594 e. The zero-order chi connectivity index (χ0) is 11.7. The van der Waals surface area contributed by atoms with Gasteiger partial charge in [-0.25, -0.2) is 0 Å². The Morgan fingerprint density at radius 1 is 1.25 bits per heavy atom. The molecule has 1 aliphatic heterocycles. The maximum atomic E-state index is 6.35. The third-order valence-electron chi connectivity index (χ3n) is 3.53. The lowest BCUT2D eigenvalue weighted by molar-refractivity contribution is 0.0995. The predicted octanol–water partition coefficient (Wildman–Crippen LogP) is 2.73. The molecule has 2 nitrogen and oxygen atoms in total. The molecule has 1 aromatic carbocycles. The Balaban J connectivity index is 2.22. The molecule has 0 radical (unpaired) electrons. The second kappa shape index (κ2) is 4.56. The summed E-state index contributed by atoms with van der Waals surface area (Å²) >= 11 is 0. The first-order valence-electron chi connectivity index (χ1n) is 6.03. The Morgan fingerprint density at radius 3 is 2.38 bits per heavy atom.